The van der Waals surface area contributed by atoms with Gasteiger partial charge < -0.3 is 109 Å². The first-order chi connectivity index (χ1) is 33.3. The van der Waals surface area contributed by atoms with E-state index < -0.39 is 185 Å². The fraction of sp³-hybridized carbons (Fsp3) is 0.889. The number of fused-ring (bicyclic) bond motifs is 1. The van der Waals surface area contributed by atoms with Crippen molar-refractivity contribution in [1.82, 2.24) is 0 Å². The molecule has 7 fully saturated rings. The fourth-order valence-corrected chi connectivity index (χ4v) is 10.7. The van der Waals surface area contributed by atoms with Gasteiger partial charge in [-0.15, -0.1) is 0 Å². The number of carboxylic acids is 1. The van der Waals surface area contributed by atoms with Gasteiger partial charge >= 0.3 is 17.9 Å². The molecule has 13 N–H and O–H groups in total. The second-order valence-electron chi connectivity index (χ2n) is 19.7. The van der Waals surface area contributed by atoms with E-state index in [-0.39, 0.29) is 31.1 Å². The van der Waals surface area contributed by atoms with Crippen LogP contribution in [0, 0.1) is 17.8 Å². The normalized spacial score (nSPS) is 47.0. The highest BCUT2D eigenvalue weighted by Gasteiger charge is 2.56. The number of aliphatic carboxylic acids is 1. The first kappa shape index (κ1) is 55.1. The number of allylic oxidation sites excluding steroid dienone is 1. The third-order valence-corrected chi connectivity index (χ3v) is 14.8. The Hall–Kier alpha value is -2.61. The molecule has 7 aliphatic rings. The molecule has 0 spiro atoms. The Morgan fingerprint density at radius 1 is 0.529 bits per heavy atom. The van der Waals surface area contributed by atoms with Crippen molar-refractivity contribution in [3.8, 4) is 0 Å². The first-order valence-corrected chi connectivity index (χ1v) is 24.2. The number of carboxylic acid groups (broad SMARTS) is 1. The van der Waals surface area contributed by atoms with E-state index in [0.29, 0.717) is 51.4 Å². The third kappa shape index (κ3) is 13.4. The maximum Gasteiger partial charge on any atom is 0.330 e. The van der Waals surface area contributed by atoms with Crippen molar-refractivity contribution < 1.29 is 123 Å². The van der Waals surface area contributed by atoms with Crippen molar-refractivity contribution in [2.45, 2.75) is 212 Å². The molecule has 4 heterocycles. The number of esters is 2. The Morgan fingerprint density at radius 2 is 1.07 bits per heavy atom. The van der Waals surface area contributed by atoms with Crippen LogP contribution < -0.4 is 0 Å². The number of aliphatic hydroxyl groups excluding tert-OH is 12. The Bertz CT molecular complexity index is 1720. The molecule has 3 aliphatic carbocycles. The zero-order chi connectivity index (χ0) is 50.6. The molecule has 21 atom stereocenters. The van der Waals surface area contributed by atoms with Gasteiger partial charge in [-0.05, 0) is 76.0 Å². The Balaban J connectivity index is 1.14. The molecule has 0 bridgehead atoms. The summed E-state index contributed by atoms with van der Waals surface area (Å²) < 4.78 is 53.8. The maximum absolute atomic E-state index is 12.9. The SMILES string of the molecule is O=C(O)CC(=O)OC[C@H]1O[C@@H](OC2CC(O)CC3OC(C4CCC(O)CC4)C(O[C@@H]4O[C@H](COC(=O)C=CC5CCC(O)CC5)[C@@H](O)[C@H](O)[C@H]4O[C@@H]4O[C@H](CO)[C@@H](O)[C@H](O)[C@H]4O)CC32)[C@H](O)[C@@H](O)[C@@H]1O. The molecule has 4 saturated heterocycles. The predicted molar refractivity (Wildman–Crippen MR) is 227 cm³/mol. The number of aliphatic hydroxyl groups is 12. The van der Waals surface area contributed by atoms with Crippen LogP contribution in [0.2, 0.25) is 0 Å². The van der Waals surface area contributed by atoms with E-state index in [1.54, 1.807) is 6.08 Å². The molecule has 0 radical (unpaired) electrons. The van der Waals surface area contributed by atoms with Gasteiger partial charge in [0.15, 0.2) is 18.9 Å². The number of rotatable bonds is 16. The Morgan fingerprint density at radius 3 is 1.70 bits per heavy atom. The zero-order valence-electron chi connectivity index (χ0n) is 38.4. The van der Waals surface area contributed by atoms with Gasteiger partial charge in [0.1, 0.15) is 92.9 Å². The number of hydrogen-bond acceptors (Lipinski definition) is 24. The van der Waals surface area contributed by atoms with Crippen LogP contribution >= 0.6 is 0 Å². The van der Waals surface area contributed by atoms with Gasteiger partial charge in [0.2, 0.25) is 0 Å². The van der Waals surface area contributed by atoms with E-state index in [2.05, 4.69) is 0 Å². The summed E-state index contributed by atoms with van der Waals surface area (Å²) in [5.74, 6) is -4.36. The molecule has 0 aromatic heterocycles. The topological polar surface area (TPSA) is 397 Å². The lowest BCUT2D eigenvalue weighted by atomic mass is 9.73. The van der Waals surface area contributed by atoms with Gasteiger partial charge in [-0.25, -0.2) is 4.79 Å². The van der Waals surface area contributed by atoms with E-state index >= 15 is 0 Å². The smallest absolute Gasteiger partial charge is 0.330 e. The average molecular weight is 1010 g/mol. The molecular weight excluding hydrogens is 940 g/mol. The summed E-state index contributed by atoms with van der Waals surface area (Å²) in [7, 11) is 0. The van der Waals surface area contributed by atoms with E-state index in [1.807, 2.05) is 0 Å². The van der Waals surface area contributed by atoms with Gasteiger partial charge in [0.05, 0.1) is 49.3 Å². The molecule has 0 aromatic rings. The molecule has 70 heavy (non-hydrogen) atoms. The van der Waals surface area contributed by atoms with E-state index in [0.717, 1.165) is 0 Å². The second-order valence-corrected chi connectivity index (χ2v) is 19.7. The van der Waals surface area contributed by atoms with Crippen LogP contribution in [0.15, 0.2) is 12.2 Å². The van der Waals surface area contributed by atoms with Crippen molar-refractivity contribution in [2.24, 2.45) is 17.8 Å². The van der Waals surface area contributed by atoms with Crippen molar-refractivity contribution in [3.63, 3.8) is 0 Å². The van der Waals surface area contributed by atoms with Crippen molar-refractivity contribution in [1.29, 1.82) is 0 Å². The quantitative estimate of drug-likeness (QED) is 0.0393. The minimum absolute atomic E-state index is 0.0302. The number of carbonyl (C=O) groups excluding carboxylic acids is 2. The summed E-state index contributed by atoms with van der Waals surface area (Å²) in [5.41, 5.74) is 0. The summed E-state index contributed by atoms with van der Waals surface area (Å²) in [6.45, 7) is -2.14. The van der Waals surface area contributed by atoms with Crippen LogP contribution in [0.1, 0.15) is 77.0 Å². The summed E-state index contributed by atoms with van der Waals surface area (Å²) in [6, 6.07) is 0. The molecule has 7 rings (SSSR count). The lowest BCUT2D eigenvalue weighted by Gasteiger charge is -2.52. The average Bonchev–Trinajstić information content (AvgIpc) is 3.32. The molecule has 25 nitrogen and oxygen atoms in total. The molecule has 4 aliphatic heterocycles. The highest BCUT2D eigenvalue weighted by atomic mass is 16.8. The van der Waals surface area contributed by atoms with Gasteiger partial charge in [-0.2, -0.15) is 0 Å². The number of ether oxygens (including phenoxy) is 9. The number of carbonyl (C=O) groups is 3. The van der Waals surface area contributed by atoms with Crippen molar-refractivity contribution in [3.05, 3.63) is 12.2 Å². The lowest BCUT2D eigenvalue weighted by molar-refractivity contribution is -0.380. The van der Waals surface area contributed by atoms with E-state index in [1.165, 1.54) is 6.08 Å². The Kier molecular flexibility index (Phi) is 19.4. The minimum atomic E-state index is -1.96. The standard InChI is InChI=1S/C45H70O25/c46-15-27-33(54)36(57)40(61)44(67-27)70-42-38(59)35(56)29(16-62-31(52)10-3-18-1-6-20(47)7-2-18)69-45(42)66-26-13-23-24(64-41(26)19-4-8-21(48)9-5-19)11-22(49)12-25(23)65-43-39(60)37(58)34(55)28(68-43)17-63-32(53)14-30(50)51/h3,10,18-29,33-49,54-61H,1-2,4-9,11-17H2,(H,50,51)/t18?,19?,20?,21?,22?,23?,24?,25?,26?,27-,28-,29-,33-,34-,35-,36+,37+,38+,39-,40-,41?,42-,43-,44+,45-/m1/s1. The summed E-state index contributed by atoms with van der Waals surface area (Å²) in [6.07, 6.45) is -25.8. The van der Waals surface area contributed by atoms with Crippen molar-refractivity contribution in [2.75, 3.05) is 19.8 Å². The first-order valence-electron chi connectivity index (χ1n) is 24.2. The molecule has 25 heteroatoms. The fourth-order valence-electron chi connectivity index (χ4n) is 10.7. The van der Waals surface area contributed by atoms with Crippen LogP contribution in [0.25, 0.3) is 0 Å². The lowest BCUT2D eigenvalue weighted by Crippen LogP contribution is -2.66. The van der Waals surface area contributed by atoms with Gasteiger partial charge in [-0.1, -0.05) is 6.08 Å². The van der Waals surface area contributed by atoms with Crippen LogP contribution in [-0.2, 0) is 57.0 Å². The molecule has 3 saturated carbocycles. The van der Waals surface area contributed by atoms with E-state index in [9.17, 15) is 75.7 Å². The highest BCUT2D eigenvalue weighted by Crippen LogP contribution is 2.45. The van der Waals surface area contributed by atoms with Gasteiger partial charge in [0.25, 0.3) is 0 Å². The molecular formula is C45H70O25. The highest BCUT2D eigenvalue weighted by molar-refractivity contribution is 5.90. The molecule has 6 unspecified atom stereocenters. The zero-order valence-corrected chi connectivity index (χ0v) is 38.4. The predicted octanol–water partition coefficient (Wildman–Crippen LogP) is -4.66. The second kappa shape index (κ2) is 24.6. The van der Waals surface area contributed by atoms with Crippen LogP contribution in [0.3, 0.4) is 0 Å². The van der Waals surface area contributed by atoms with Crippen molar-refractivity contribution >= 4 is 17.9 Å². The summed E-state index contributed by atoms with van der Waals surface area (Å²) in [5, 5.41) is 138. The van der Waals surface area contributed by atoms with Gasteiger partial charge in [-0.3, -0.25) is 9.59 Å². The molecule has 0 amide bonds. The summed E-state index contributed by atoms with van der Waals surface area (Å²) >= 11 is 0. The van der Waals surface area contributed by atoms with Gasteiger partial charge in [0, 0.05) is 18.4 Å². The largest absolute Gasteiger partial charge is 0.481 e. The molecule has 0 aromatic carbocycles. The summed E-state index contributed by atoms with van der Waals surface area (Å²) in [4.78, 5) is 35.9. The monoisotopic (exact) mass is 1010 g/mol. The van der Waals surface area contributed by atoms with Crippen LogP contribution in [0.4, 0.5) is 0 Å². The van der Waals surface area contributed by atoms with Crippen LogP contribution in [0.5, 0.6) is 0 Å². The number of hydrogen-bond donors (Lipinski definition) is 13. The molecule has 400 valence electrons. The minimum Gasteiger partial charge on any atom is -0.481 e. The van der Waals surface area contributed by atoms with E-state index in [4.69, 9.17) is 47.7 Å². The maximum atomic E-state index is 12.9. The Labute approximate surface area is 402 Å². The third-order valence-electron chi connectivity index (χ3n) is 14.8. The van der Waals surface area contributed by atoms with Crippen LogP contribution in [-0.4, -0.2) is 239 Å².